The van der Waals surface area contributed by atoms with Gasteiger partial charge < -0.3 is 4.42 Å². The van der Waals surface area contributed by atoms with Crippen LogP contribution in [0.4, 0.5) is 4.79 Å². The Hall–Kier alpha value is -3.67. The summed E-state index contributed by atoms with van der Waals surface area (Å²) in [6, 6.07) is 15.4. The van der Waals surface area contributed by atoms with Crippen LogP contribution < -0.4 is 5.43 Å². The highest BCUT2D eigenvalue weighted by atomic mass is 16.3. The molecule has 0 aliphatic carbocycles. The zero-order valence-corrected chi connectivity index (χ0v) is 14.8. The molecule has 3 amide bonds. The van der Waals surface area contributed by atoms with Crippen molar-refractivity contribution in [2.24, 2.45) is 0 Å². The molecule has 1 fully saturated rings. The second kappa shape index (κ2) is 6.25. The summed E-state index contributed by atoms with van der Waals surface area (Å²) in [7, 11) is 3.01. The summed E-state index contributed by atoms with van der Waals surface area (Å²) in [6.45, 7) is 0. The van der Waals surface area contributed by atoms with Gasteiger partial charge in [0.15, 0.2) is 5.43 Å². The molecule has 0 spiro atoms. The Kier molecular flexibility index (Phi) is 3.88. The maximum atomic E-state index is 12.3. The highest BCUT2D eigenvalue weighted by Crippen LogP contribution is 2.24. The Morgan fingerprint density at radius 1 is 0.889 bits per heavy atom. The van der Waals surface area contributed by atoms with Crippen LogP contribution in [0.5, 0.6) is 0 Å². The second-order valence-electron chi connectivity index (χ2n) is 6.33. The summed E-state index contributed by atoms with van der Waals surface area (Å²) >= 11 is 0. The van der Waals surface area contributed by atoms with E-state index in [9.17, 15) is 14.4 Å². The van der Waals surface area contributed by atoms with Gasteiger partial charge in [0.2, 0.25) is 0 Å². The summed E-state index contributed by atoms with van der Waals surface area (Å²) in [5.74, 6) is 0.133. The molecule has 6 heteroatoms. The van der Waals surface area contributed by atoms with E-state index in [1.807, 2.05) is 18.2 Å². The summed E-state index contributed by atoms with van der Waals surface area (Å²) < 4.78 is 5.84. The largest absolute Gasteiger partial charge is 0.456 e. The van der Waals surface area contributed by atoms with Crippen molar-refractivity contribution >= 4 is 29.0 Å². The van der Waals surface area contributed by atoms with Crippen LogP contribution in [0.15, 0.2) is 69.5 Å². The minimum Gasteiger partial charge on any atom is -0.456 e. The fourth-order valence-electron chi connectivity index (χ4n) is 3.04. The van der Waals surface area contributed by atoms with Gasteiger partial charge in [-0.1, -0.05) is 36.4 Å². The molecule has 0 saturated carbocycles. The maximum Gasteiger partial charge on any atom is 0.331 e. The lowest BCUT2D eigenvalue weighted by molar-refractivity contribution is -0.122. The molecule has 2 aromatic carbocycles. The Labute approximate surface area is 154 Å². The zero-order chi connectivity index (χ0) is 19.1. The molecule has 6 nitrogen and oxygen atoms in total. The fraction of sp³-hybridized carbons (Fsp3) is 0.0952. The van der Waals surface area contributed by atoms with E-state index in [-0.39, 0.29) is 17.4 Å². The molecular formula is C21H16N2O4. The van der Waals surface area contributed by atoms with Crippen molar-refractivity contribution in [3.05, 3.63) is 76.1 Å². The van der Waals surface area contributed by atoms with Crippen molar-refractivity contribution in [1.82, 2.24) is 9.80 Å². The molecule has 0 radical (unpaired) electrons. The molecule has 1 aliphatic rings. The maximum absolute atomic E-state index is 12.3. The number of hydrogen-bond acceptors (Lipinski definition) is 4. The lowest BCUT2D eigenvalue weighted by Gasteiger charge is -2.08. The third-order valence-corrected chi connectivity index (χ3v) is 4.59. The van der Waals surface area contributed by atoms with Crippen LogP contribution in [-0.4, -0.2) is 35.8 Å². The van der Waals surface area contributed by atoms with E-state index >= 15 is 0 Å². The van der Waals surface area contributed by atoms with Gasteiger partial charge in [-0.3, -0.25) is 19.4 Å². The minimum absolute atomic E-state index is 0.0993. The summed E-state index contributed by atoms with van der Waals surface area (Å²) in [6.07, 6.45) is 1.66. The quantitative estimate of drug-likeness (QED) is 0.519. The van der Waals surface area contributed by atoms with Crippen molar-refractivity contribution in [1.29, 1.82) is 0 Å². The van der Waals surface area contributed by atoms with E-state index in [2.05, 4.69) is 0 Å². The number of amides is 3. The molecule has 1 saturated heterocycles. The molecule has 0 bridgehead atoms. The second-order valence-corrected chi connectivity index (χ2v) is 6.33. The van der Waals surface area contributed by atoms with Crippen LogP contribution in [0.2, 0.25) is 0 Å². The number of rotatable bonds is 2. The minimum atomic E-state index is -0.360. The lowest BCUT2D eigenvalue weighted by Crippen LogP contribution is -2.27. The predicted octanol–water partition coefficient (Wildman–Crippen LogP) is 3.32. The molecule has 1 aliphatic heterocycles. The smallest absolute Gasteiger partial charge is 0.331 e. The molecule has 0 atom stereocenters. The van der Waals surface area contributed by atoms with Gasteiger partial charge in [0, 0.05) is 25.7 Å². The third-order valence-electron chi connectivity index (χ3n) is 4.59. The highest BCUT2D eigenvalue weighted by Gasteiger charge is 2.35. The monoisotopic (exact) mass is 360 g/mol. The van der Waals surface area contributed by atoms with Crippen LogP contribution in [-0.2, 0) is 4.79 Å². The van der Waals surface area contributed by atoms with Crippen molar-refractivity contribution in [3.63, 3.8) is 0 Å². The van der Waals surface area contributed by atoms with E-state index in [0.29, 0.717) is 22.4 Å². The van der Waals surface area contributed by atoms with Crippen molar-refractivity contribution < 1.29 is 14.0 Å². The van der Waals surface area contributed by atoms with E-state index in [4.69, 9.17) is 4.42 Å². The van der Waals surface area contributed by atoms with Gasteiger partial charge in [-0.2, -0.15) is 0 Å². The number of likely N-dealkylation sites (N-methyl/N-ethyl adjacent to an activating group) is 2. The molecule has 27 heavy (non-hydrogen) atoms. The highest BCUT2D eigenvalue weighted by molar-refractivity contribution is 6.13. The van der Waals surface area contributed by atoms with Gasteiger partial charge >= 0.3 is 6.03 Å². The predicted molar refractivity (Wildman–Crippen MR) is 102 cm³/mol. The lowest BCUT2D eigenvalue weighted by atomic mass is 10.1. The topological polar surface area (TPSA) is 70.8 Å². The first kappa shape index (κ1) is 16.8. The Bertz CT molecular complexity index is 1160. The zero-order valence-electron chi connectivity index (χ0n) is 14.8. The number of benzene rings is 2. The Balaban J connectivity index is 1.69. The number of carbonyl (C=O) groups is 2. The Morgan fingerprint density at radius 2 is 1.59 bits per heavy atom. The van der Waals surface area contributed by atoms with Crippen LogP contribution >= 0.6 is 0 Å². The van der Waals surface area contributed by atoms with E-state index < -0.39 is 0 Å². The molecule has 3 aromatic rings. The van der Waals surface area contributed by atoms with Crippen LogP contribution in [0, 0.1) is 0 Å². The SMILES string of the molecule is CN1C(=O)/C(=C\c2ccc(-c3cc(=O)c4ccccc4o3)cc2)N(C)C1=O. The number of nitrogens with zero attached hydrogens (tertiary/aromatic N) is 2. The van der Waals surface area contributed by atoms with Gasteiger partial charge in [0.25, 0.3) is 5.91 Å². The van der Waals surface area contributed by atoms with E-state index in [1.54, 1.807) is 43.5 Å². The normalized spacial score (nSPS) is 16.0. The fourth-order valence-corrected chi connectivity index (χ4v) is 3.04. The molecule has 0 unspecified atom stereocenters. The third kappa shape index (κ3) is 2.81. The number of carbonyl (C=O) groups excluding carboxylic acids is 2. The van der Waals surface area contributed by atoms with Gasteiger partial charge in [0.1, 0.15) is 17.0 Å². The van der Waals surface area contributed by atoms with Gasteiger partial charge in [-0.05, 0) is 23.8 Å². The van der Waals surface area contributed by atoms with Crippen LogP contribution in [0.1, 0.15) is 5.56 Å². The van der Waals surface area contributed by atoms with Crippen LogP contribution in [0.3, 0.4) is 0 Å². The standard InChI is InChI=1S/C21H16N2O4/c1-22-16(20(25)23(2)21(22)26)11-13-7-9-14(10-8-13)19-12-17(24)15-5-3-4-6-18(15)27-19/h3-12H,1-2H3/b16-11+. The number of fused-ring (bicyclic) bond motifs is 1. The first-order chi connectivity index (χ1) is 13.0. The summed E-state index contributed by atoms with van der Waals surface area (Å²) in [5, 5.41) is 0.541. The molecule has 134 valence electrons. The number of imide groups is 1. The first-order valence-corrected chi connectivity index (χ1v) is 8.36. The van der Waals surface area contributed by atoms with Gasteiger partial charge in [-0.15, -0.1) is 0 Å². The van der Waals surface area contributed by atoms with Gasteiger partial charge in [0.05, 0.1) is 5.39 Å². The van der Waals surface area contributed by atoms with Crippen LogP contribution in [0.25, 0.3) is 28.4 Å². The average molecular weight is 360 g/mol. The number of hydrogen-bond donors (Lipinski definition) is 0. The summed E-state index contributed by atoms with van der Waals surface area (Å²) in [5.41, 5.74) is 2.26. The Morgan fingerprint density at radius 3 is 2.26 bits per heavy atom. The molecule has 2 heterocycles. The van der Waals surface area contributed by atoms with Crippen molar-refractivity contribution in [3.8, 4) is 11.3 Å². The molecule has 1 aromatic heterocycles. The van der Waals surface area contributed by atoms with Crippen molar-refractivity contribution in [2.75, 3.05) is 14.1 Å². The number of urea groups is 1. The molecule has 4 rings (SSSR count). The number of para-hydroxylation sites is 1. The summed E-state index contributed by atoms with van der Waals surface area (Å²) in [4.78, 5) is 38.6. The first-order valence-electron chi connectivity index (χ1n) is 8.36. The molecular weight excluding hydrogens is 344 g/mol. The van der Waals surface area contributed by atoms with E-state index in [1.165, 1.54) is 18.0 Å². The van der Waals surface area contributed by atoms with Crippen molar-refractivity contribution in [2.45, 2.75) is 0 Å². The molecule has 0 N–H and O–H groups in total. The van der Waals surface area contributed by atoms with Gasteiger partial charge in [-0.25, -0.2) is 4.79 Å². The average Bonchev–Trinajstić information content (AvgIpc) is 2.86. The van der Waals surface area contributed by atoms with E-state index in [0.717, 1.165) is 16.0 Å².